The van der Waals surface area contributed by atoms with Crippen LogP contribution < -0.4 is 4.74 Å². The van der Waals surface area contributed by atoms with E-state index in [1.165, 1.54) is 12.3 Å². The lowest BCUT2D eigenvalue weighted by Gasteiger charge is -2.09. The number of pyridine rings is 1. The summed E-state index contributed by atoms with van der Waals surface area (Å²) in [6.07, 6.45) is 3.01. The summed E-state index contributed by atoms with van der Waals surface area (Å²) < 4.78 is 54.3. The quantitative estimate of drug-likeness (QED) is 0.212. The lowest BCUT2D eigenvalue weighted by molar-refractivity contribution is -0.385. The molecule has 4 rings (SSSR count). The van der Waals surface area contributed by atoms with Crippen molar-refractivity contribution in [2.24, 2.45) is 0 Å². The van der Waals surface area contributed by atoms with Crippen molar-refractivity contribution < 1.29 is 27.2 Å². The number of aryl methyl sites for hydroxylation is 1. The SMILES string of the molecule is Cc1ccc(S(=O)[O-])cc1.O=[N+]([O-])c1cc(F)c(Oc2ccnc3[nH]cc(Br)c23)c(F)c1. The summed E-state index contributed by atoms with van der Waals surface area (Å²) in [6, 6.07) is 9.33. The number of H-pyrrole nitrogens is 1. The third-order valence-corrected chi connectivity index (χ3v) is 5.39. The van der Waals surface area contributed by atoms with Crippen LogP contribution in [0.25, 0.3) is 11.0 Å². The number of ether oxygens (including phenoxy) is 1. The Morgan fingerprint density at radius 2 is 1.78 bits per heavy atom. The van der Waals surface area contributed by atoms with Crippen molar-refractivity contribution in [3.8, 4) is 11.5 Å². The maximum atomic E-state index is 13.9. The molecule has 1 N–H and O–H groups in total. The lowest BCUT2D eigenvalue weighted by atomic mass is 10.2. The van der Waals surface area contributed by atoms with E-state index in [1.54, 1.807) is 30.5 Å². The number of aromatic nitrogens is 2. The van der Waals surface area contributed by atoms with Crippen LogP contribution in [0.4, 0.5) is 14.5 Å². The fraction of sp³-hybridized carbons (Fsp3) is 0.0500. The van der Waals surface area contributed by atoms with E-state index in [9.17, 15) is 27.7 Å². The van der Waals surface area contributed by atoms with Crippen molar-refractivity contribution in [3.05, 3.63) is 86.6 Å². The zero-order chi connectivity index (χ0) is 23.4. The molecule has 0 saturated carbocycles. The van der Waals surface area contributed by atoms with E-state index in [1.807, 2.05) is 6.92 Å². The maximum Gasteiger partial charge on any atom is 0.275 e. The molecule has 2 aromatic heterocycles. The Morgan fingerprint density at radius 3 is 2.34 bits per heavy atom. The molecule has 0 spiro atoms. The second-order valence-corrected chi connectivity index (χ2v) is 8.11. The van der Waals surface area contributed by atoms with Crippen LogP contribution in [0, 0.1) is 28.7 Å². The van der Waals surface area contributed by atoms with Crippen LogP contribution in [0.3, 0.4) is 0 Å². The average molecular weight is 525 g/mol. The highest BCUT2D eigenvalue weighted by atomic mass is 79.9. The van der Waals surface area contributed by atoms with Gasteiger partial charge in [-0.2, -0.15) is 0 Å². The van der Waals surface area contributed by atoms with Gasteiger partial charge in [0.1, 0.15) is 11.4 Å². The van der Waals surface area contributed by atoms with Crippen molar-refractivity contribution in [1.82, 2.24) is 9.97 Å². The molecule has 0 radical (unpaired) electrons. The first kappa shape index (κ1) is 23.4. The highest BCUT2D eigenvalue weighted by Crippen LogP contribution is 2.36. The minimum absolute atomic E-state index is 0.157. The van der Waals surface area contributed by atoms with Gasteiger partial charge in [-0.1, -0.05) is 17.7 Å². The molecule has 0 bridgehead atoms. The van der Waals surface area contributed by atoms with Crippen LogP contribution in [0.15, 0.2) is 64.2 Å². The molecule has 1 unspecified atom stereocenters. The predicted octanol–water partition coefficient (Wildman–Crippen LogP) is 5.54. The molecule has 2 aromatic carbocycles. The Kier molecular flexibility index (Phi) is 7.28. The van der Waals surface area contributed by atoms with E-state index in [0.29, 0.717) is 32.5 Å². The number of benzene rings is 2. The average Bonchev–Trinajstić information content (AvgIpc) is 3.13. The number of nitrogens with one attached hydrogen (secondary N) is 1. The third-order valence-electron chi connectivity index (χ3n) is 4.11. The first-order valence-electron chi connectivity index (χ1n) is 8.76. The molecule has 12 heteroatoms. The lowest BCUT2D eigenvalue weighted by Crippen LogP contribution is -1.97. The van der Waals surface area contributed by atoms with E-state index < -0.39 is 39.1 Å². The normalized spacial score (nSPS) is 11.5. The number of nitro groups is 1. The van der Waals surface area contributed by atoms with Gasteiger partial charge in [-0.15, -0.1) is 0 Å². The van der Waals surface area contributed by atoms with Crippen LogP contribution in [0.5, 0.6) is 11.5 Å². The Labute approximate surface area is 190 Å². The molecule has 4 aromatic rings. The van der Waals surface area contributed by atoms with Crippen molar-refractivity contribution >= 4 is 43.7 Å². The van der Waals surface area contributed by atoms with E-state index in [4.69, 9.17) is 4.74 Å². The number of halogens is 3. The topological polar surface area (TPSA) is 121 Å². The number of non-ortho nitro benzene ring substituents is 1. The molecule has 2 heterocycles. The summed E-state index contributed by atoms with van der Waals surface area (Å²) in [5.74, 6) is -2.89. The molecule has 0 aliphatic carbocycles. The van der Waals surface area contributed by atoms with Crippen LogP contribution in [-0.2, 0) is 11.1 Å². The highest BCUT2D eigenvalue weighted by Gasteiger charge is 2.20. The number of aromatic amines is 1. The smallest absolute Gasteiger partial charge is 0.275 e. The largest absolute Gasteiger partial charge is 0.768 e. The number of hydrogen-bond donors (Lipinski definition) is 1. The first-order valence-corrected chi connectivity index (χ1v) is 10.6. The molecule has 0 aliphatic heterocycles. The number of rotatable bonds is 4. The second kappa shape index (κ2) is 9.94. The first-order chi connectivity index (χ1) is 15.2. The molecule has 8 nitrogen and oxygen atoms in total. The Bertz CT molecular complexity index is 1290. The van der Waals surface area contributed by atoms with Gasteiger partial charge in [-0.25, -0.2) is 13.8 Å². The van der Waals surface area contributed by atoms with Crippen LogP contribution in [-0.4, -0.2) is 23.7 Å². The molecular weight excluding hydrogens is 512 g/mol. The monoisotopic (exact) mass is 524 g/mol. The summed E-state index contributed by atoms with van der Waals surface area (Å²) in [5.41, 5.74) is 0.839. The van der Waals surface area contributed by atoms with Gasteiger partial charge in [0, 0.05) is 21.8 Å². The molecule has 166 valence electrons. The summed E-state index contributed by atoms with van der Waals surface area (Å²) in [5, 5.41) is 11.1. The number of nitro benzene ring substituents is 1. The van der Waals surface area contributed by atoms with Crippen molar-refractivity contribution in [2.45, 2.75) is 11.8 Å². The van der Waals surface area contributed by atoms with Gasteiger partial charge in [0.2, 0.25) is 0 Å². The zero-order valence-corrected chi connectivity index (χ0v) is 18.6. The Balaban J connectivity index is 0.000000243. The minimum atomic E-state index is -2.09. The number of fused-ring (bicyclic) bond motifs is 1. The summed E-state index contributed by atoms with van der Waals surface area (Å²) >= 11 is 1.18. The molecular formula is C20H13BrF2N3O5S-. The van der Waals surface area contributed by atoms with Gasteiger partial charge in [0.05, 0.1) is 22.4 Å². The Morgan fingerprint density at radius 1 is 1.16 bits per heavy atom. The zero-order valence-electron chi connectivity index (χ0n) is 16.2. The predicted molar refractivity (Wildman–Crippen MR) is 115 cm³/mol. The van der Waals surface area contributed by atoms with E-state index in [2.05, 4.69) is 25.9 Å². The van der Waals surface area contributed by atoms with Crippen LogP contribution in [0.2, 0.25) is 0 Å². The van der Waals surface area contributed by atoms with Crippen molar-refractivity contribution in [2.75, 3.05) is 0 Å². The summed E-state index contributed by atoms with van der Waals surface area (Å²) in [6.45, 7) is 1.91. The van der Waals surface area contributed by atoms with E-state index in [0.717, 1.165) is 5.56 Å². The van der Waals surface area contributed by atoms with Crippen LogP contribution in [0.1, 0.15) is 5.56 Å². The second-order valence-electron chi connectivity index (χ2n) is 6.31. The molecule has 1 atom stereocenters. The van der Waals surface area contributed by atoms with Gasteiger partial charge < -0.3 is 14.3 Å². The molecule has 0 fully saturated rings. The Hall–Kier alpha value is -3.22. The molecule has 0 amide bonds. The fourth-order valence-corrected chi connectivity index (χ4v) is 3.44. The molecule has 0 aliphatic rings. The fourth-order valence-electron chi connectivity index (χ4n) is 2.58. The van der Waals surface area contributed by atoms with Crippen molar-refractivity contribution in [1.29, 1.82) is 0 Å². The number of hydrogen-bond acceptors (Lipinski definition) is 6. The van der Waals surface area contributed by atoms with Gasteiger partial charge >= 0.3 is 0 Å². The molecule has 32 heavy (non-hydrogen) atoms. The summed E-state index contributed by atoms with van der Waals surface area (Å²) in [4.78, 5) is 16.9. The van der Waals surface area contributed by atoms with E-state index in [-0.39, 0.29) is 5.75 Å². The maximum absolute atomic E-state index is 13.9. The number of nitrogens with zero attached hydrogens (tertiary/aromatic N) is 2. The highest BCUT2D eigenvalue weighted by molar-refractivity contribution is 9.10. The standard InChI is InChI=1S/C13H6BrF2N3O3.C7H8O2S/c14-7-5-18-13-11(7)10(1-2-17-13)22-12-8(15)3-6(19(20)21)4-9(12)16;1-6-2-4-7(5-3-6)10(8)9/h1-5H,(H,17,18);2-5H,1H3,(H,8,9)/p-1. The van der Waals surface area contributed by atoms with Gasteiger partial charge in [-0.3, -0.25) is 14.3 Å². The van der Waals surface area contributed by atoms with Crippen molar-refractivity contribution in [3.63, 3.8) is 0 Å². The van der Waals surface area contributed by atoms with Gasteiger partial charge in [-0.05, 0) is 52.1 Å². The summed E-state index contributed by atoms with van der Waals surface area (Å²) in [7, 11) is 0. The third kappa shape index (κ3) is 5.33. The van der Waals surface area contributed by atoms with Crippen LogP contribution >= 0.6 is 15.9 Å². The molecule has 0 saturated heterocycles. The van der Waals surface area contributed by atoms with E-state index >= 15 is 0 Å². The van der Waals surface area contributed by atoms with Gasteiger partial charge in [0.25, 0.3) is 5.69 Å². The minimum Gasteiger partial charge on any atom is -0.768 e. The van der Waals surface area contributed by atoms with Gasteiger partial charge in [0.15, 0.2) is 17.4 Å².